The average molecular weight is 477 g/mol. The van der Waals surface area contributed by atoms with Crippen molar-refractivity contribution in [2.45, 2.75) is 52.2 Å². The van der Waals surface area contributed by atoms with Crippen molar-refractivity contribution >= 4 is 23.3 Å². The number of carbonyl (C=O) groups is 2. The van der Waals surface area contributed by atoms with Crippen LogP contribution in [0.1, 0.15) is 50.0 Å². The molecule has 186 valence electrons. The van der Waals surface area contributed by atoms with Gasteiger partial charge < -0.3 is 24.9 Å². The molecule has 1 heterocycles. The number of anilines is 2. The highest BCUT2D eigenvalue weighted by atomic mass is 16.3. The minimum atomic E-state index is -0.262. The first kappa shape index (κ1) is 25.9. The van der Waals surface area contributed by atoms with E-state index in [1.54, 1.807) is 6.26 Å². The van der Waals surface area contributed by atoms with E-state index in [1.165, 1.54) is 0 Å². The molecule has 0 unspecified atom stereocenters. The predicted molar refractivity (Wildman–Crippen MR) is 140 cm³/mol. The fourth-order valence-electron chi connectivity index (χ4n) is 4.12. The fraction of sp³-hybridized carbons (Fsp3) is 0.357. The first-order chi connectivity index (χ1) is 16.8. The van der Waals surface area contributed by atoms with Crippen LogP contribution in [0.15, 0.2) is 71.3 Å². The Morgan fingerprint density at radius 1 is 0.971 bits per heavy atom. The lowest BCUT2D eigenvalue weighted by molar-refractivity contribution is -0.134. The SMILES string of the molecule is CC[C@@H](C(=O)N(Cc1ccco1)Cc1cc(NC(=O)NC(C)C)ccc1N(C)C)c1ccccc1. The number of benzene rings is 2. The zero-order chi connectivity index (χ0) is 25.4. The van der Waals surface area contributed by atoms with E-state index in [0.29, 0.717) is 25.2 Å². The van der Waals surface area contributed by atoms with Crippen LogP contribution in [0.25, 0.3) is 0 Å². The molecular formula is C28H36N4O3. The third kappa shape index (κ3) is 7.12. The quantitative estimate of drug-likeness (QED) is 0.399. The monoisotopic (exact) mass is 476 g/mol. The molecule has 7 heteroatoms. The van der Waals surface area contributed by atoms with Crippen molar-refractivity contribution in [2.24, 2.45) is 0 Å². The van der Waals surface area contributed by atoms with Gasteiger partial charge in [-0.1, -0.05) is 37.3 Å². The highest BCUT2D eigenvalue weighted by Gasteiger charge is 2.26. The number of amides is 3. The van der Waals surface area contributed by atoms with Crippen LogP contribution < -0.4 is 15.5 Å². The molecule has 0 aliphatic rings. The minimum absolute atomic E-state index is 0.0286. The maximum Gasteiger partial charge on any atom is 0.319 e. The minimum Gasteiger partial charge on any atom is -0.467 e. The van der Waals surface area contributed by atoms with Gasteiger partial charge in [0, 0.05) is 38.1 Å². The molecule has 1 atom stereocenters. The lowest BCUT2D eigenvalue weighted by Gasteiger charge is -2.29. The fourth-order valence-corrected chi connectivity index (χ4v) is 4.12. The molecule has 35 heavy (non-hydrogen) atoms. The number of hydrogen-bond acceptors (Lipinski definition) is 4. The van der Waals surface area contributed by atoms with Gasteiger partial charge in [0.15, 0.2) is 0 Å². The van der Waals surface area contributed by atoms with Gasteiger partial charge in [0.25, 0.3) is 0 Å². The van der Waals surface area contributed by atoms with E-state index in [2.05, 4.69) is 10.6 Å². The largest absolute Gasteiger partial charge is 0.467 e. The number of carbonyl (C=O) groups excluding carboxylic acids is 2. The average Bonchev–Trinajstić information content (AvgIpc) is 3.32. The highest BCUT2D eigenvalue weighted by molar-refractivity contribution is 5.90. The predicted octanol–water partition coefficient (Wildman–Crippen LogP) is 5.60. The lowest BCUT2D eigenvalue weighted by atomic mass is 9.94. The van der Waals surface area contributed by atoms with Crippen LogP contribution in [0.5, 0.6) is 0 Å². The lowest BCUT2D eigenvalue weighted by Crippen LogP contribution is -2.35. The molecule has 0 aliphatic heterocycles. The normalized spacial score (nSPS) is 11.7. The Balaban J connectivity index is 1.94. The summed E-state index contributed by atoms with van der Waals surface area (Å²) in [5.74, 6) is 0.501. The second-order valence-corrected chi connectivity index (χ2v) is 9.14. The molecule has 0 spiro atoms. The molecule has 0 bridgehead atoms. The molecule has 7 nitrogen and oxygen atoms in total. The van der Waals surface area contributed by atoms with Crippen molar-refractivity contribution in [3.63, 3.8) is 0 Å². The van der Waals surface area contributed by atoms with Crippen LogP contribution >= 0.6 is 0 Å². The second kappa shape index (κ2) is 12.1. The van der Waals surface area contributed by atoms with Crippen LogP contribution in [0.3, 0.4) is 0 Å². The topological polar surface area (TPSA) is 77.8 Å². The highest BCUT2D eigenvalue weighted by Crippen LogP contribution is 2.28. The third-order valence-electron chi connectivity index (χ3n) is 5.75. The van der Waals surface area contributed by atoms with Crippen molar-refractivity contribution < 1.29 is 14.0 Å². The Hall–Kier alpha value is -3.74. The van der Waals surface area contributed by atoms with Crippen LogP contribution in [0.4, 0.5) is 16.2 Å². The van der Waals surface area contributed by atoms with Crippen LogP contribution in [0, 0.1) is 0 Å². The molecule has 3 rings (SSSR count). The van der Waals surface area contributed by atoms with E-state index < -0.39 is 0 Å². The van der Waals surface area contributed by atoms with E-state index in [0.717, 1.165) is 22.6 Å². The number of hydrogen-bond donors (Lipinski definition) is 2. The smallest absolute Gasteiger partial charge is 0.319 e. The van der Waals surface area contributed by atoms with Crippen molar-refractivity contribution in [1.29, 1.82) is 0 Å². The molecular weight excluding hydrogens is 440 g/mol. The molecule has 1 aromatic heterocycles. The number of urea groups is 1. The molecule has 2 aromatic carbocycles. The van der Waals surface area contributed by atoms with E-state index in [4.69, 9.17) is 4.42 Å². The summed E-state index contributed by atoms with van der Waals surface area (Å²) in [5, 5.41) is 5.74. The van der Waals surface area contributed by atoms with Crippen LogP contribution in [-0.4, -0.2) is 37.0 Å². The molecule has 0 fully saturated rings. The van der Waals surface area contributed by atoms with Crippen LogP contribution in [-0.2, 0) is 17.9 Å². The van der Waals surface area contributed by atoms with Gasteiger partial charge >= 0.3 is 6.03 Å². The maximum absolute atomic E-state index is 13.9. The van der Waals surface area contributed by atoms with E-state index in [9.17, 15) is 9.59 Å². The van der Waals surface area contributed by atoms with E-state index >= 15 is 0 Å². The first-order valence-electron chi connectivity index (χ1n) is 12.0. The second-order valence-electron chi connectivity index (χ2n) is 9.14. The summed E-state index contributed by atoms with van der Waals surface area (Å²) in [6.45, 7) is 6.58. The first-order valence-corrected chi connectivity index (χ1v) is 12.0. The standard InChI is InChI=1S/C28H36N4O3/c1-6-25(21-11-8-7-9-12-21)27(33)32(19-24-13-10-16-35-24)18-22-17-23(14-15-26(22)31(4)5)30-28(34)29-20(2)3/h7-17,20,25H,6,18-19H2,1-5H3,(H2,29,30,34)/t25-/m1/s1. The van der Waals surface area contributed by atoms with E-state index in [1.807, 2.05) is 105 Å². The number of rotatable bonds is 10. The van der Waals surface area contributed by atoms with Gasteiger partial charge in [-0.2, -0.15) is 0 Å². The van der Waals surface area contributed by atoms with Gasteiger partial charge in [-0.15, -0.1) is 0 Å². The number of furan rings is 1. The summed E-state index contributed by atoms with van der Waals surface area (Å²) in [4.78, 5) is 30.0. The summed E-state index contributed by atoms with van der Waals surface area (Å²) < 4.78 is 5.59. The zero-order valence-electron chi connectivity index (χ0n) is 21.2. The third-order valence-corrected chi connectivity index (χ3v) is 5.75. The Labute approximate surface area is 208 Å². The molecule has 0 aliphatic carbocycles. The Kier molecular flexibility index (Phi) is 8.95. The summed E-state index contributed by atoms with van der Waals surface area (Å²) in [6, 6.07) is 19.1. The van der Waals surface area contributed by atoms with Gasteiger partial charge in [0.1, 0.15) is 5.76 Å². The van der Waals surface area contributed by atoms with Gasteiger partial charge in [-0.25, -0.2) is 4.79 Å². The van der Waals surface area contributed by atoms with Gasteiger partial charge in [0.05, 0.1) is 18.7 Å². The van der Waals surface area contributed by atoms with Crippen molar-refractivity contribution in [1.82, 2.24) is 10.2 Å². The van der Waals surface area contributed by atoms with Crippen LogP contribution in [0.2, 0.25) is 0 Å². The van der Waals surface area contributed by atoms with Crippen molar-refractivity contribution in [3.8, 4) is 0 Å². The summed E-state index contributed by atoms with van der Waals surface area (Å²) >= 11 is 0. The molecule has 0 saturated heterocycles. The Bertz CT molecular complexity index is 1090. The van der Waals surface area contributed by atoms with Gasteiger partial charge in [-0.05, 0) is 61.7 Å². The van der Waals surface area contributed by atoms with Crippen molar-refractivity contribution in [3.05, 3.63) is 83.8 Å². The number of nitrogens with one attached hydrogen (secondary N) is 2. The van der Waals surface area contributed by atoms with Crippen molar-refractivity contribution in [2.75, 3.05) is 24.3 Å². The summed E-state index contributed by atoms with van der Waals surface area (Å²) in [5.41, 5.74) is 3.58. The Morgan fingerprint density at radius 2 is 1.71 bits per heavy atom. The van der Waals surface area contributed by atoms with Gasteiger partial charge in [0.2, 0.25) is 5.91 Å². The summed E-state index contributed by atoms with van der Waals surface area (Å²) in [7, 11) is 3.93. The molecule has 3 amide bonds. The Morgan fingerprint density at radius 3 is 2.31 bits per heavy atom. The van der Waals surface area contributed by atoms with Gasteiger partial charge in [-0.3, -0.25) is 4.79 Å². The molecule has 0 radical (unpaired) electrons. The number of nitrogens with zero attached hydrogens (tertiary/aromatic N) is 2. The molecule has 2 N–H and O–H groups in total. The van der Waals surface area contributed by atoms with E-state index in [-0.39, 0.29) is 23.9 Å². The summed E-state index contributed by atoms with van der Waals surface area (Å²) in [6.07, 6.45) is 2.31. The maximum atomic E-state index is 13.9. The molecule has 0 saturated carbocycles. The zero-order valence-corrected chi connectivity index (χ0v) is 21.2. The molecule has 3 aromatic rings.